The van der Waals surface area contributed by atoms with E-state index < -0.39 is 5.91 Å². The van der Waals surface area contributed by atoms with Gasteiger partial charge in [-0.15, -0.1) is 0 Å². The fourth-order valence-corrected chi connectivity index (χ4v) is 2.47. The lowest BCUT2D eigenvalue weighted by molar-refractivity contribution is -0.112. The van der Waals surface area contributed by atoms with Gasteiger partial charge in [-0.25, -0.2) is 0 Å². The van der Waals surface area contributed by atoms with E-state index in [4.69, 9.17) is 4.42 Å². The van der Waals surface area contributed by atoms with Crippen LogP contribution >= 0.6 is 31.9 Å². The zero-order valence-electron chi connectivity index (χ0n) is 11.7. The number of para-hydroxylation sites is 1. The number of furan rings is 1. The second kappa shape index (κ2) is 7.43. The molecular weight excluding hydrogens is 412 g/mol. The quantitative estimate of drug-likeness (QED) is 0.561. The highest BCUT2D eigenvalue weighted by Crippen LogP contribution is 2.28. The Balaban J connectivity index is 2.24. The molecule has 112 valence electrons. The molecular formula is C16H12Br2N2O2. The number of amides is 1. The normalized spacial score (nSPS) is 11.1. The van der Waals surface area contributed by atoms with Crippen LogP contribution in [0.5, 0.6) is 0 Å². The van der Waals surface area contributed by atoms with Gasteiger partial charge >= 0.3 is 0 Å². The molecule has 0 aliphatic heterocycles. The van der Waals surface area contributed by atoms with Crippen LogP contribution in [0.15, 0.2) is 49.5 Å². The molecule has 0 aliphatic rings. The molecule has 1 aromatic heterocycles. The summed E-state index contributed by atoms with van der Waals surface area (Å²) in [6.45, 7) is 2.00. The largest absolute Gasteiger partial charge is 0.449 e. The van der Waals surface area contributed by atoms with Gasteiger partial charge in [-0.2, -0.15) is 5.26 Å². The number of rotatable bonds is 4. The fourth-order valence-electron chi connectivity index (χ4n) is 1.87. The lowest BCUT2D eigenvalue weighted by atomic mass is 10.1. The van der Waals surface area contributed by atoms with Crippen molar-refractivity contribution in [1.29, 1.82) is 5.26 Å². The monoisotopic (exact) mass is 422 g/mol. The number of hydrogen-bond acceptors (Lipinski definition) is 3. The number of carbonyl (C=O) groups excluding carboxylic acids is 1. The number of halogens is 2. The fraction of sp³-hybridized carbons (Fsp3) is 0.125. The minimum Gasteiger partial charge on any atom is -0.449 e. The summed E-state index contributed by atoms with van der Waals surface area (Å²) < 4.78 is 6.58. The van der Waals surface area contributed by atoms with E-state index in [9.17, 15) is 10.1 Å². The van der Waals surface area contributed by atoms with Crippen LogP contribution in [0.1, 0.15) is 18.2 Å². The van der Waals surface area contributed by atoms with Crippen LogP contribution in [-0.4, -0.2) is 5.91 Å². The molecule has 0 saturated heterocycles. The van der Waals surface area contributed by atoms with Gasteiger partial charge < -0.3 is 9.73 Å². The summed E-state index contributed by atoms with van der Waals surface area (Å²) in [5, 5.41) is 12.0. The Morgan fingerprint density at radius 2 is 2.14 bits per heavy atom. The van der Waals surface area contributed by atoms with Gasteiger partial charge in [-0.05, 0) is 56.0 Å². The first-order valence-electron chi connectivity index (χ1n) is 6.51. The van der Waals surface area contributed by atoms with E-state index in [-0.39, 0.29) is 5.57 Å². The van der Waals surface area contributed by atoms with Crippen LogP contribution in [-0.2, 0) is 11.2 Å². The number of aryl methyl sites for hydroxylation is 1. The van der Waals surface area contributed by atoms with Gasteiger partial charge in [-0.3, -0.25) is 4.79 Å². The third-order valence-electron chi connectivity index (χ3n) is 2.96. The molecule has 1 amide bonds. The zero-order chi connectivity index (χ0) is 16.1. The number of anilines is 1. The smallest absolute Gasteiger partial charge is 0.266 e. The molecule has 0 aliphatic carbocycles. The van der Waals surface area contributed by atoms with Crippen LogP contribution in [0.2, 0.25) is 0 Å². The number of nitrogens with zero attached hydrogens (tertiary/aromatic N) is 1. The Bertz CT molecular complexity index is 753. The SMILES string of the molecule is CCc1ccccc1NC(=O)/C(C#N)=C\c1cc(Br)c(Br)o1. The lowest BCUT2D eigenvalue weighted by Crippen LogP contribution is -2.14. The molecule has 1 N–H and O–H groups in total. The van der Waals surface area contributed by atoms with E-state index in [0.717, 1.165) is 12.0 Å². The van der Waals surface area contributed by atoms with Gasteiger partial charge in [0.1, 0.15) is 17.4 Å². The van der Waals surface area contributed by atoms with Crippen molar-refractivity contribution in [3.63, 3.8) is 0 Å². The van der Waals surface area contributed by atoms with Gasteiger partial charge in [0.25, 0.3) is 5.91 Å². The zero-order valence-corrected chi connectivity index (χ0v) is 14.9. The van der Waals surface area contributed by atoms with Crippen molar-refractivity contribution in [2.45, 2.75) is 13.3 Å². The summed E-state index contributed by atoms with van der Waals surface area (Å²) in [5.74, 6) is -0.0544. The first-order valence-corrected chi connectivity index (χ1v) is 8.09. The molecule has 0 saturated carbocycles. The van der Waals surface area contributed by atoms with Gasteiger partial charge in [0, 0.05) is 11.8 Å². The molecule has 22 heavy (non-hydrogen) atoms. The predicted octanol–water partition coefficient (Wildman–Crippen LogP) is 4.91. The van der Waals surface area contributed by atoms with Crippen LogP contribution in [0.3, 0.4) is 0 Å². The third kappa shape index (κ3) is 3.87. The number of nitrogens with one attached hydrogen (secondary N) is 1. The van der Waals surface area contributed by atoms with Crippen LogP contribution in [0, 0.1) is 11.3 Å². The highest BCUT2D eigenvalue weighted by Gasteiger charge is 2.13. The molecule has 0 unspecified atom stereocenters. The molecule has 4 nitrogen and oxygen atoms in total. The molecule has 0 atom stereocenters. The van der Waals surface area contributed by atoms with Gasteiger partial charge in [0.15, 0.2) is 4.67 Å². The minimum absolute atomic E-state index is 0.0281. The molecule has 1 heterocycles. The van der Waals surface area contributed by atoms with Gasteiger partial charge in [0.05, 0.1) is 4.47 Å². The molecule has 0 bridgehead atoms. The maximum Gasteiger partial charge on any atom is 0.266 e. The number of nitriles is 1. The summed E-state index contributed by atoms with van der Waals surface area (Å²) in [6.07, 6.45) is 2.19. The summed E-state index contributed by atoms with van der Waals surface area (Å²) in [4.78, 5) is 12.2. The van der Waals surface area contributed by atoms with Gasteiger partial charge in [-0.1, -0.05) is 25.1 Å². The third-order valence-corrected chi connectivity index (χ3v) is 4.67. The van der Waals surface area contributed by atoms with Crippen molar-refractivity contribution in [2.24, 2.45) is 0 Å². The summed E-state index contributed by atoms with van der Waals surface area (Å²) in [7, 11) is 0. The Labute approximate surface area is 145 Å². The summed E-state index contributed by atoms with van der Waals surface area (Å²) >= 11 is 6.50. The number of carbonyl (C=O) groups is 1. The van der Waals surface area contributed by atoms with E-state index in [1.54, 1.807) is 6.07 Å². The molecule has 6 heteroatoms. The van der Waals surface area contributed by atoms with E-state index in [1.807, 2.05) is 37.3 Å². The maximum atomic E-state index is 12.2. The van der Waals surface area contributed by atoms with Crippen molar-refractivity contribution < 1.29 is 9.21 Å². The highest BCUT2D eigenvalue weighted by molar-refractivity contribution is 9.13. The second-order valence-corrected chi connectivity index (χ2v) is 5.98. The van der Waals surface area contributed by atoms with Crippen molar-refractivity contribution in [1.82, 2.24) is 0 Å². The second-order valence-electron chi connectivity index (χ2n) is 4.41. The summed E-state index contributed by atoms with van der Waals surface area (Å²) in [6, 6.07) is 11.1. The Morgan fingerprint density at radius 3 is 2.73 bits per heavy atom. The van der Waals surface area contributed by atoms with Crippen LogP contribution in [0.4, 0.5) is 5.69 Å². The molecule has 0 radical (unpaired) electrons. The molecule has 2 rings (SSSR count). The van der Waals surface area contributed by atoms with Crippen molar-refractivity contribution >= 4 is 49.5 Å². The Kier molecular flexibility index (Phi) is 5.58. The molecule has 2 aromatic rings. The van der Waals surface area contributed by atoms with E-state index in [0.29, 0.717) is 20.6 Å². The number of benzene rings is 1. The first kappa shape index (κ1) is 16.5. The standard InChI is InChI=1S/C16H12Br2N2O2/c1-2-10-5-3-4-6-14(10)20-16(21)11(9-19)7-12-8-13(17)15(18)22-12/h3-8H,2H2,1H3,(H,20,21)/b11-7-. The molecule has 0 fully saturated rings. The average Bonchev–Trinajstić information content (AvgIpc) is 2.83. The van der Waals surface area contributed by atoms with Crippen molar-refractivity contribution in [2.75, 3.05) is 5.32 Å². The molecule has 0 spiro atoms. The Hall–Kier alpha value is -1.84. The van der Waals surface area contributed by atoms with E-state index in [2.05, 4.69) is 37.2 Å². The van der Waals surface area contributed by atoms with Crippen LogP contribution in [0.25, 0.3) is 6.08 Å². The average molecular weight is 424 g/mol. The predicted molar refractivity (Wildman–Crippen MR) is 92.1 cm³/mol. The van der Waals surface area contributed by atoms with E-state index in [1.165, 1.54) is 6.08 Å². The van der Waals surface area contributed by atoms with E-state index >= 15 is 0 Å². The topological polar surface area (TPSA) is 66.0 Å². The highest BCUT2D eigenvalue weighted by atomic mass is 79.9. The molecule has 1 aromatic carbocycles. The van der Waals surface area contributed by atoms with Crippen molar-refractivity contribution in [3.05, 3.63) is 56.4 Å². The minimum atomic E-state index is -0.466. The maximum absolute atomic E-state index is 12.2. The Morgan fingerprint density at radius 1 is 1.41 bits per heavy atom. The lowest BCUT2D eigenvalue weighted by Gasteiger charge is -2.08. The van der Waals surface area contributed by atoms with Crippen molar-refractivity contribution in [3.8, 4) is 6.07 Å². The van der Waals surface area contributed by atoms with Crippen LogP contribution < -0.4 is 5.32 Å². The summed E-state index contributed by atoms with van der Waals surface area (Å²) in [5.41, 5.74) is 1.69. The first-order chi connectivity index (χ1) is 10.5. The number of hydrogen-bond donors (Lipinski definition) is 1. The van der Waals surface area contributed by atoms with Gasteiger partial charge in [0.2, 0.25) is 0 Å².